The summed E-state index contributed by atoms with van der Waals surface area (Å²) < 4.78 is 5.79. The van der Waals surface area contributed by atoms with Crippen molar-refractivity contribution in [2.75, 3.05) is 13.2 Å². The summed E-state index contributed by atoms with van der Waals surface area (Å²) in [5, 5.41) is 4.53. The minimum Gasteiger partial charge on any atom is -0.484 e. The van der Waals surface area contributed by atoms with Crippen LogP contribution in [-0.4, -0.2) is 35.9 Å². The summed E-state index contributed by atoms with van der Waals surface area (Å²) in [6.45, 7) is 10.1. The van der Waals surface area contributed by atoms with Gasteiger partial charge in [0.25, 0.3) is 5.91 Å². The minimum absolute atomic E-state index is 0.157. The zero-order valence-corrected chi connectivity index (χ0v) is 21.9. The van der Waals surface area contributed by atoms with Crippen molar-refractivity contribution < 1.29 is 14.3 Å². The summed E-state index contributed by atoms with van der Waals surface area (Å²) >= 11 is 18.6. The van der Waals surface area contributed by atoms with E-state index in [2.05, 4.69) is 5.32 Å². The first-order valence-corrected chi connectivity index (χ1v) is 12.1. The molecule has 0 spiro atoms. The topological polar surface area (TPSA) is 58.6 Å². The third-order valence-electron chi connectivity index (χ3n) is 5.20. The molecule has 0 aliphatic carbocycles. The van der Waals surface area contributed by atoms with Crippen LogP contribution in [0.1, 0.15) is 43.9 Å². The van der Waals surface area contributed by atoms with Gasteiger partial charge in [-0.2, -0.15) is 0 Å². The van der Waals surface area contributed by atoms with Gasteiger partial charge in [0.05, 0.1) is 0 Å². The molecule has 2 aromatic rings. The minimum atomic E-state index is -0.666. The van der Waals surface area contributed by atoms with E-state index >= 15 is 0 Å². The molecule has 0 radical (unpaired) electrons. The lowest BCUT2D eigenvalue weighted by molar-refractivity contribution is -0.143. The maximum atomic E-state index is 13.3. The van der Waals surface area contributed by atoms with Gasteiger partial charge in [0.2, 0.25) is 5.91 Å². The number of carbonyl (C=O) groups excluding carboxylic acids is 2. The lowest BCUT2D eigenvalue weighted by Gasteiger charge is -2.31. The third kappa shape index (κ3) is 7.80. The summed E-state index contributed by atoms with van der Waals surface area (Å²) in [5.41, 5.74) is 2.43. The lowest BCUT2D eigenvalue weighted by Crippen LogP contribution is -2.50. The summed E-state index contributed by atoms with van der Waals surface area (Å²) in [6, 6.07) is 8.00. The molecular formula is C25H31Cl3N2O3. The molecule has 0 bridgehead atoms. The number of aryl methyl sites for hydroxylation is 2. The number of benzene rings is 2. The van der Waals surface area contributed by atoms with Gasteiger partial charge < -0.3 is 15.0 Å². The maximum absolute atomic E-state index is 13.3. The van der Waals surface area contributed by atoms with Gasteiger partial charge >= 0.3 is 0 Å². The molecule has 2 aromatic carbocycles. The van der Waals surface area contributed by atoms with Crippen LogP contribution in [0.3, 0.4) is 0 Å². The molecule has 5 nitrogen and oxygen atoms in total. The Morgan fingerprint density at radius 1 is 1.06 bits per heavy atom. The number of carbonyl (C=O) groups is 2. The number of nitrogens with one attached hydrogen (secondary N) is 1. The van der Waals surface area contributed by atoms with E-state index in [-0.39, 0.29) is 25.0 Å². The molecule has 2 amide bonds. The van der Waals surface area contributed by atoms with Crippen LogP contribution in [-0.2, 0) is 16.1 Å². The first-order valence-electron chi connectivity index (χ1n) is 10.9. The van der Waals surface area contributed by atoms with Gasteiger partial charge in [-0.25, -0.2) is 0 Å². The molecule has 0 aliphatic rings. The van der Waals surface area contributed by atoms with Crippen LogP contribution in [0.2, 0.25) is 15.1 Å². The predicted molar refractivity (Wildman–Crippen MR) is 135 cm³/mol. The average molecular weight is 514 g/mol. The molecule has 2 rings (SSSR count). The molecule has 0 saturated heterocycles. The standard InChI is InChI=1S/C25H31Cl3N2O3/c1-6-22(25(32)29-12-15(2)3)30(13-18-7-8-19(26)11-21(18)27)23(31)14-33-20-9-16(4)24(28)17(5)10-20/h7-11,15,22H,6,12-14H2,1-5H3,(H,29,32). The molecule has 33 heavy (non-hydrogen) atoms. The van der Waals surface area contributed by atoms with E-state index in [0.29, 0.717) is 45.3 Å². The van der Waals surface area contributed by atoms with E-state index < -0.39 is 6.04 Å². The highest BCUT2D eigenvalue weighted by Crippen LogP contribution is 2.27. The summed E-state index contributed by atoms with van der Waals surface area (Å²) in [4.78, 5) is 27.8. The van der Waals surface area contributed by atoms with E-state index in [4.69, 9.17) is 39.5 Å². The molecule has 0 saturated carbocycles. The molecule has 1 unspecified atom stereocenters. The fraction of sp³-hybridized carbons (Fsp3) is 0.440. The molecule has 0 fully saturated rings. The second kappa shape index (κ2) is 12.5. The van der Waals surface area contributed by atoms with Crippen molar-refractivity contribution in [3.05, 3.63) is 62.1 Å². The van der Waals surface area contributed by atoms with Crippen LogP contribution < -0.4 is 10.1 Å². The van der Waals surface area contributed by atoms with E-state index in [0.717, 1.165) is 11.1 Å². The lowest BCUT2D eigenvalue weighted by atomic mass is 10.1. The Morgan fingerprint density at radius 2 is 1.70 bits per heavy atom. The second-order valence-electron chi connectivity index (χ2n) is 8.48. The van der Waals surface area contributed by atoms with Crippen LogP contribution in [0.4, 0.5) is 0 Å². The van der Waals surface area contributed by atoms with E-state index in [1.54, 1.807) is 30.3 Å². The molecule has 1 N–H and O–H groups in total. The van der Waals surface area contributed by atoms with Crippen LogP contribution in [0, 0.1) is 19.8 Å². The second-order valence-corrected chi connectivity index (χ2v) is 9.70. The van der Waals surface area contributed by atoms with Crippen molar-refractivity contribution in [3.63, 3.8) is 0 Å². The van der Waals surface area contributed by atoms with Crippen LogP contribution in [0.15, 0.2) is 30.3 Å². The highest BCUT2D eigenvalue weighted by molar-refractivity contribution is 6.35. The van der Waals surface area contributed by atoms with E-state index in [1.165, 1.54) is 4.90 Å². The zero-order chi connectivity index (χ0) is 24.7. The SMILES string of the molecule is CCC(C(=O)NCC(C)C)N(Cc1ccc(Cl)cc1Cl)C(=O)COc1cc(C)c(Cl)c(C)c1. The molecule has 180 valence electrons. The Kier molecular flexibility index (Phi) is 10.3. The quantitative estimate of drug-likeness (QED) is 0.410. The number of amides is 2. The Morgan fingerprint density at radius 3 is 2.24 bits per heavy atom. The fourth-order valence-electron chi connectivity index (χ4n) is 3.39. The summed E-state index contributed by atoms with van der Waals surface area (Å²) in [7, 11) is 0. The van der Waals surface area contributed by atoms with Gasteiger partial charge in [-0.1, -0.05) is 61.6 Å². The summed E-state index contributed by atoms with van der Waals surface area (Å²) in [5.74, 6) is 0.311. The van der Waals surface area contributed by atoms with Gasteiger partial charge in [-0.15, -0.1) is 0 Å². The van der Waals surface area contributed by atoms with E-state index in [1.807, 2.05) is 34.6 Å². The third-order valence-corrected chi connectivity index (χ3v) is 6.38. The zero-order valence-electron chi connectivity index (χ0n) is 19.7. The number of ether oxygens (including phenoxy) is 1. The smallest absolute Gasteiger partial charge is 0.261 e. The number of rotatable bonds is 10. The molecule has 0 heterocycles. The van der Waals surface area contributed by atoms with Crippen molar-refractivity contribution in [1.29, 1.82) is 0 Å². The van der Waals surface area contributed by atoms with Crippen molar-refractivity contribution in [3.8, 4) is 5.75 Å². The predicted octanol–water partition coefficient (Wildman–Crippen LogP) is 6.22. The first-order chi connectivity index (χ1) is 15.5. The number of hydrogen-bond donors (Lipinski definition) is 1. The molecule has 0 aromatic heterocycles. The van der Waals surface area contributed by atoms with Gasteiger partial charge in [-0.05, 0) is 67.1 Å². The average Bonchev–Trinajstić information content (AvgIpc) is 2.75. The normalized spacial score (nSPS) is 11.9. The molecular weight excluding hydrogens is 483 g/mol. The van der Waals surface area contributed by atoms with Crippen molar-refractivity contribution in [2.24, 2.45) is 5.92 Å². The Bertz CT molecular complexity index is 972. The van der Waals surface area contributed by atoms with Gasteiger partial charge in [0, 0.05) is 28.2 Å². The van der Waals surface area contributed by atoms with Crippen LogP contribution in [0.5, 0.6) is 5.75 Å². The number of hydrogen-bond acceptors (Lipinski definition) is 3. The monoisotopic (exact) mass is 512 g/mol. The molecule has 8 heteroatoms. The first kappa shape index (κ1) is 27.3. The Hall–Kier alpha value is -1.95. The van der Waals surface area contributed by atoms with E-state index in [9.17, 15) is 9.59 Å². The molecule has 0 aliphatic heterocycles. The van der Waals surface area contributed by atoms with Gasteiger partial charge in [-0.3, -0.25) is 9.59 Å². The largest absolute Gasteiger partial charge is 0.484 e. The summed E-state index contributed by atoms with van der Waals surface area (Å²) in [6.07, 6.45) is 0.444. The number of nitrogens with zero attached hydrogens (tertiary/aromatic N) is 1. The van der Waals surface area contributed by atoms with Gasteiger partial charge in [0.15, 0.2) is 6.61 Å². The van der Waals surface area contributed by atoms with Crippen molar-refractivity contribution in [1.82, 2.24) is 10.2 Å². The van der Waals surface area contributed by atoms with Crippen LogP contribution >= 0.6 is 34.8 Å². The highest BCUT2D eigenvalue weighted by atomic mass is 35.5. The van der Waals surface area contributed by atoms with Crippen molar-refractivity contribution in [2.45, 2.75) is 53.6 Å². The molecule has 1 atom stereocenters. The maximum Gasteiger partial charge on any atom is 0.261 e. The number of halogens is 3. The van der Waals surface area contributed by atoms with Crippen LogP contribution in [0.25, 0.3) is 0 Å². The Balaban J connectivity index is 2.27. The van der Waals surface area contributed by atoms with Crippen molar-refractivity contribution >= 4 is 46.6 Å². The highest BCUT2D eigenvalue weighted by Gasteiger charge is 2.29. The van der Waals surface area contributed by atoms with Gasteiger partial charge in [0.1, 0.15) is 11.8 Å². The fourth-order valence-corrected chi connectivity index (χ4v) is 3.97. The Labute approximate surface area is 211 Å².